The largest absolute Gasteiger partial charge is 0.444 e. The van der Waals surface area contributed by atoms with Crippen LogP contribution in [0.5, 0.6) is 0 Å². The second-order valence-electron chi connectivity index (χ2n) is 9.09. The minimum absolute atomic E-state index is 0.0798. The SMILES string of the molecule is CC(C)=CCn1c(C2CCN(C(=O)OC(C)(C)C)CC2)nc2c1c(=O)[nH]c(=O)n2C. The van der Waals surface area contributed by atoms with Crippen molar-refractivity contribution in [1.29, 1.82) is 0 Å². The molecule has 0 unspecified atom stereocenters. The lowest BCUT2D eigenvalue weighted by molar-refractivity contribution is 0.0202. The maximum atomic E-state index is 12.6. The molecule has 1 saturated heterocycles. The highest BCUT2D eigenvalue weighted by molar-refractivity contribution is 5.71. The molecule has 0 atom stereocenters. The van der Waals surface area contributed by atoms with Gasteiger partial charge in [-0.05, 0) is 47.5 Å². The van der Waals surface area contributed by atoms with Gasteiger partial charge in [-0.3, -0.25) is 14.3 Å². The Kier molecular flexibility index (Phi) is 5.92. The molecule has 1 aliphatic heterocycles. The molecule has 0 saturated carbocycles. The van der Waals surface area contributed by atoms with Crippen LogP contribution in [0.3, 0.4) is 0 Å². The lowest BCUT2D eigenvalue weighted by atomic mass is 9.96. The second-order valence-corrected chi connectivity index (χ2v) is 9.09. The van der Waals surface area contributed by atoms with Crippen LogP contribution in [0, 0.1) is 0 Å². The number of aryl methyl sites for hydroxylation is 1. The Morgan fingerprint density at radius 3 is 2.43 bits per heavy atom. The lowest BCUT2D eigenvalue weighted by Gasteiger charge is -2.33. The molecule has 1 amide bonds. The number of imidazole rings is 1. The number of allylic oxidation sites excluding steroid dienone is 2. The zero-order valence-electron chi connectivity index (χ0n) is 18.6. The number of carbonyl (C=O) groups is 1. The molecule has 9 heteroatoms. The number of hydrogen-bond donors (Lipinski definition) is 1. The number of aromatic amines is 1. The maximum Gasteiger partial charge on any atom is 0.410 e. The summed E-state index contributed by atoms with van der Waals surface area (Å²) in [6.45, 7) is 11.2. The van der Waals surface area contributed by atoms with Crippen molar-refractivity contribution in [2.24, 2.45) is 7.05 Å². The molecule has 1 N–H and O–H groups in total. The van der Waals surface area contributed by atoms with Gasteiger partial charge >= 0.3 is 11.8 Å². The first kappa shape index (κ1) is 21.9. The van der Waals surface area contributed by atoms with Crippen molar-refractivity contribution in [2.75, 3.05) is 13.1 Å². The third-order valence-electron chi connectivity index (χ3n) is 5.23. The van der Waals surface area contributed by atoms with Crippen LogP contribution in [0.1, 0.15) is 59.2 Å². The van der Waals surface area contributed by atoms with E-state index in [2.05, 4.69) is 4.98 Å². The molecule has 0 aromatic carbocycles. The number of nitrogens with one attached hydrogen (secondary N) is 1. The number of hydrogen-bond acceptors (Lipinski definition) is 5. The topological polar surface area (TPSA) is 102 Å². The standard InChI is InChI=1S/C21H31N5O4/c1-13(2)7-12-26-15-17(24(6)19(28)23-18(15)27)22-16(26)14-8-10-25(11-9-14)20(29)30-21(3,4)5/h7,14H,8-12H2,1-6H3,(H,23,27,28). The zero-order chi connectivity index (χ0) is 22.2. The Bertz CT molecular complexity index is 1090. The van der Waals surface area contributed by atoms with Gasteiger partial charge in [-0.25, -0.2) is 14.6 Å². The van der Waals surface area contributed by atoms with E-state index in [0.29, 0.717) is 43.6 Å². The van der Waals surface area contributed by atoms with E-state index in [4.69, 9.17) is 9.72 Å². The fraction of sp³-hybridized carbons (Fsp3) is 0.619. The van der Waals surface area contributed by atoms with E-state index in [9.17, 15) is 14.4 Å². The maximum absolute atomic E-state index is 12.6. The predicted octanol–water partition coefficient (Wildman–Crippen LogP) is 2.50. The highest BCUT2D eigenvalue weighted by Gasteiger charge is 2.30. The summed E-state index contributed by atoms with van der Waals surface area (Å²) in [4.78, 5) is 45.8. The number of carbonyl (C=O) groups excluding carboxylic acids is 1. The second kappa shape index (κ2) is 8.12. The summed E-state index contributed by atoms with van der Waals surface area (Å²) in [6.07, 6.45) is 3.15. The Morgan fingerprint density at radius 1 is 1.23 bits per heavy atom. The van der Waals surface area contributed by atoms with Crippen LogP contribution in [0.15, 0.2) is 21.2 Å². The molecule has 30 heavy (non-hydrogen) atoms. The summed E-state index contributed by atoms with van der Waals surface area (Å²) in [5, 5.41) is 0. The average molecular weight is 418 g/mol. The van der Waals surface area contributed by atoms with Gasteiger partial charge in [0.2, 0.25) is 0 Å². The van der Waals surface area contributed by atoms with Crippen molar-refractivity contribution in [3.05, 3.63) is 38.3 Å². The number of ether oxygens (including phenoxy) is 1. The molecule has 1 fully saturated rings. The van der Waals surface area contributed by atoms with E-state index in [1.807, 2.05) is 45.3 Å². The van der Waals surface area contributed by atoms with Crippen molar-refractivity contribution in [1.82, 2.24) is 24.0 Å². The molecule has 0 radical (unpaired) electrons. The third-order valence-corrected chi connectivity index (χ3v) is 5.23. The summed E-state index contributed by atoms with van der Waals surface area (Å²) in [6, 6.07) is 0. The summed E-state index contributed by atoms with van der Waals surface area (Å²) >= 11 is 0. The van der Waals surface area contributed by atoms with Crippen molar-refractivity contribution in [3.63, 3.8) is 0 Å². The Morgan fingerprint density at radius 2 is 1.87 bits per heavy atom. The number of fused-ring (bicyclic) bond motifs is 1. The van der Waals surface area contributed by atoms with Crippen LogP contribution in [0.2, 0.25) is 0 Å². The quantitative estimate of drug-likeness (QED) is 0.773. The average Bonchev–Trinajstić information content (AvgIpc) is 3.03. The van der Waals surface area contributed by atoms with Crippen molar-refractivity contribution < 1.29 is 9.53 Å². The smallest absolute Gasteiger partial charge is 0.410 e. The zero-order valence-corrected chi connectivity index (χ0v) is 18.6. The van der Waals surface area contributed by atoms with Crippen molar-refractivity contribution in [3.8, 4) is 0 Å². The van der Waals surface area contributed by atoms with Gasteiger partial charge in [0.05, 0.1) is 0 Å². The number of H-pyrrole nitrogens is 1. The van der Waals surface area contributed by atoms with E-state index in [0.717, 1.165) is 11.4 Å². The lowest BCUT2D eigenvalue weighted by Crippen LogP contribution is -2.41. The summed E-state index contributed by atoms with van der Waals surface area (Å²) in [7, 11) is 1.60. The molecule has 0 aliphatic carbocycles. The van der Waals surface area contributed by atoms with Crippen molar-refractivity contribution >= 4 is 17.3 Å². The third kappa shape index (κ3) is 4.49. The molecule has 2 aromatic heterocycles. The number of likely N-dealkylation sites (tertiary alicyclic amines) is 1. The van der Waals surface area contributed by atoms with Gasteiger partial charge in [0.25, 0.3) is 5.56 Å². The van der Waals surface area contributed by atoms with Crippen molar-refractivity contribution in [2.45, 2.75) is 65.5 Å². The number of amides is 1. The van der Waals surface area contributed by atoms with E-state index in [1.54, 1.807) is 11.9 Å². The Labute approximate surface area is 175 Å². The first-order valence-corrected chi connectivity index (χ1v) is 10.3. The summed E-state index contributed by atoms with van der Waals surface area (Å²) in [5.74, 6) is 0.856. The molecule has 1 aliphatic rings. The molecule has 2 aromatic rings. The van der Waals surface area contributed by atoms with Crippen LogP contribution in [0.25, 0.3) is 11.2 Å². The van der Waals surface area contributed by atoms with Gasteiger partial charge in [0.15, 0.2) is 11.2 Å². The minimum Gasteiger partial charge on any atom is -0.444 e. The summed E-state index contributed by atoms with van der Waals surface area (Å²) < 4.78 is 8.74. The Hall–Kier alpha value is -2.84. The van der Waals surface area contributed by atoms with Gasteiger partial charge in [0, 0.05) is 32.6 Å². The summed E-state index contributed by atoms with van der Waals surface area (Å²) in [5.41, 5.74) is 0.474. The monoisotopic (exact) mass is 417 g/mol. The fourth-order valence-electron chi connectivity index (χ4n) is 3.67. The van der Waals surface area contributed by atoms with E-state index in [-0.39, 0.29) is 12.0 Å². The number of rotatable bonds is 3. The van der Waals surface area contributed by atoms with Crippen LogP contribution in [-0.4, -0.2) is 48.8 Å². The normalized spacial score (nSPS) is 15.5. The highest BCUT2D eigenvalue weighted by Crippen LogP contribution is 2.30. The number of nitrogens with zero attached hydrogens (tertiary/aromatic N) is 4. The molecular weight excluding hydrogens is 386 g/mol. The molecule has 3 heterocycles. The molecule has 9 nitrogen and oxygen atoms in total. The van der Waals surface area contributed by atoms with Gasteiger partial charge < -0.3 is 14.2 Å². The number of aromatic nitrogens is 4. The van der Waals surface area contributed by atoms with Gasteiger partial charge in [-0.15, -0.1) is 0 Å². The van der Waals surface area contributed by atoms with Crippen LogP contribution in [0.4, 0.5) is 4.79 Å². The highest BCUT2D eigenvalue weighted by atomic mass is 16.6. The molecule has 0 bridgehead atoms. The molecule has 3 rings (SSSR count). The van der Waals surface area contributed by atoms with Crippen LogP contribution < -0.4 is 11.2 Å². The number of piperidine rings is 1. The van der Waals surface area contributed by atoms with Gasteiger partial charge in [-0.1, -0.05) is 11.6 Å². The van der Waals surface area contributed by atoms with Crippen LogP contribution in [-0.2, 0) is 18.3 Å². The van der Waals surface area contributed by atoms with E-state index in [1.165, 1.54) is 4.57 Å². The van der Waals surface area contributed by atoms with E-state index < -0.39 is 16.9 Å². The first-order valence-electron chi connectivity index (χ1n) is 10.3. The fourth-order valence-corrected chi connectivity index (χ4v) is 3.67. The van der Waals surface area contributed by atoms with Gasteiger partial charge in [-0.2, -0.15) is 0 Å². The van der Waals surface area contributed by atoms with Gasteiger partial charge in [0.1, 0.15) is 11.4 Å². The van der Waals surface area contributed by atoms with E-state index >= 15 is 0 Å². The minimum atomic E-state index is -0.530. The van der Waals surface area contributed by atoms with Crippen LogP contribution >= 0.6 is 0 Å². The first-order chi connectivity index (χ1) is 14.0. The molecule has 164 valence electrons. The Balaban J connectivity index is 1.94. The molecular formula is C21H31N5O4. The predicted molar refractivity (Wildman–Crippen MR) is 115 cm³/mol. The molecule has 0 spiro atoms.